The summed E-state index contributed by atoms with van der Waals surface area (Å²) in [5.74, 6) is -0.0223. The SMILES string of the molecule is NCc1cccc(CS(=O)(=O)NCC2CCCS2(=O)=O)c1. The lowest BCUT2D eigenvalue weighted by Crippen LogP contribution is -2.35. The molecule has 1 aromatic carbocycles. The average molecular weight is 332 g/mol. The van der Waals surface area contributed by atoms with Crippen LogP contribution in [-0.4, -0.2) is 34.4 Å². The summed E-state index contributed by atoms with van der Waals surface area (Å²) in [7, 11) is -6.69. The van der Waals surface area contributed by atoms with Crippen LogP contribution in [0.5, 0.6) is 0 Å². The van der Waals surface area contributed by atoms with E-state index in [0.29, 0.717) is 24.9 Å². The molecule has 1 aliphatic rings. The van der Waals surface area contributed by atoms with Crippen molar-refractivity contribution in [1.82, 2.24) is 4.72 Å². The molecule has 0 amide bonds. The van der Waals surface area contributed by atoms with Crippen LogP contribution in [0.1, 0.15) is 24.0 Å². The first-order valence-electron chi connectivity index (χ1n) is 6.79. The van der Waals surface area contributed by atoms with Gasteiger partial charge in [0.15, 0.2) is 9.84 Å². The van der Waals surface area contributed by atoms with Gasteiger partial charge in [-0.15, -0.1) is 0 Å². The predicted molar refractivity (Wildman–Crippen MR) is 81.8 cm³/mol. The molecular weight excluding hydrogens is 312 g/mol. The van der Waals surface area contributed by atoms with Crippen LogP contribution in [0.4, 0.5) is 0 Å². The van der Waals surface area contributed by atoms with Gasteiger partial charge in [0.2, 0.25) is 10.0 Å². The summed E-state index contributed by atoms with van der Waals surface area (Å²) in [6.07, 6.45) is 1.13. The zero-order valence-electron chi connectivity index (χ0n) is 11.7. The van der Waals surface area contributed by atoms with Gasteiger partial charge in [0.25, 0.3) is 0 Å². The molecule has 1 heterocycles. The van der Waals surface area contributed by atoms with E-state index in [0.717, 1.165) is 5.56 Å². The molecule has 2 rings (SSSR count). The summed E-state index contributed by atoms with van der Waals surface area (Å²) in [6, 6.07) is 7.04. The van der Waals surface area contributed by atoms with E-state index in [1.54, 1.807) is 18.2 Å². The molecule has 1 fully saturated rings. The van der Waals surface area contributed by atoms with Crippen LogP contribution in [0, 0.1) is 0 Å². The predicted octanol–water partition coefficient (Wildman–Crippen LogP) is 0.142. The van der Waals surface area contributed by atoms with Gasteiger partial charge >= 0.3 is 0 Å². The number of sulfonamides is 1. The fraction of sp³-hybridized carbons (Fsp3) is 0.538. The Hall–Kier alpha value is -0.960. The van der Waals surface area contributed by atoms with Crippen molar-refractivity contribution in [2.45, 2.75) is 30.4 Å². The van der Waals surface area contributed by atoms with Crippen LogP contribution in [0.25, 0.3) is 0 Å². The largest absolute Gasteiger partial charge is 0.326 e. The molecule has 0 saturated carbocycles. The first-order chi connectivity index (χ1) is 9.82. The highest BCUT2D eigenvalue weighted by atomic mass is 32.2. The molecule has 0 radical (unpaired) electrons. The first-order valence-corrected chi connectivity index (χ1v) is 10.2. The maximum absolute atomic E-state index is 12.0. The first kappa shape index (κ1) is 16.4. The van der Waals surface area contributed by atoms with Gasteiger partial charge < -0.3 is 5.73 Å². The monoisotopic (exact) mass is 332 g/mol. The second kappa shape index (κ2) is 6.43. The molecule has 21 heavy (non-hydrogen) atoms. The Bertz CT molecular complexity index is 699. The molecule has 1 aromatic rings. The lowest BCUT2D eigenvalue weighted by molar-refractivity contribution is 0.570. The quantitative estimate of drug-likeness (QED) is 0.771. The number of hydrogen-bond acceptors (Lipinski definition) is 5. The molecule has 1 atom stereocenters. The van der Waals surface area contributed by atoms with Gasteiger partial charge in [0.1, 0.15) is 0 Å². The highest BCUT2D eigenvalue weighted by Crippen LogP contribution is 2.19. The van der Waals surface area contributed by atoms with Crippen LogP contribution >= 0.6 is 0 Å². The maximum Gasteiger partial charge on any atom is 0.215 e. The number of hydrogen-bond donors (Lipinski definition) is 2. The topological polar surface area (TPSA) is 106 Å². The van der Waals surface area contributed by atoms with Crippen molar-refractivity contribution in [3.05, 3.63) is 35.4 Å². The lowest BCUT2D eigenvalue weighted by Gasteiger charge is -2.11. The van der Waals surface area contributed by atoms with E-state index in [9.17, 15) is 16.8 Å². The van der Waals surface area contributed by atoms with Crippen molar-refractivity contribution >= 4 is 19.9 Å². The Balaban J connectivity index is 1.99. The molecule has 0 bridgehead atoms. The fourth-order valence-electron chi connectivity index (χ4n) is 2.42. The minimum absolute atomic E-state index is 0.0404. The van der Waals surface area contributed by atoms with Gasteiger partial charge in [-0.05, 0) is 24.0 Å². The third-order valence-electron chi connectivity index (χ3n) is 3.58. The zero-order chi connectivity index (χ0) is 15.5. The van der Waals surface area contributed by atoms with E-state index in [2.05, 4.69) is 4.72 Å². The number of rotatable bonds is 6. The molecule has 1 aliphatic heterocycles. The average Bonchev–Trinajstić information content (AvgIpc) is 2.75. The summed E-state index contributed by atoms with van der Waals surface area (Å²) in [5, 5.41) is -0.595. The molecule has 118 valence electrons. The smallest absolute Gasteiger partial charge is 0.215 e. The van der Waals surface area contributed by atoms with Gasteiger partial charge in [-0.1, -0.05) is 24.3 Å². The van der Waals surface area contributed by atoms with E-state index >= 15 is 0 Å². The molecule has 0 aliphatic carbocycles. The fourth-order valence-corrected chi connectivity index (χ4v) is 5.47. The van der Waals surface area contributed by atoms with E-state index in [1.165, 1.54) is 0 Å². The molecule has 0 aromatic heterocycles. The number of benzene rings is 1. The Labute approximate surface area is 125 Å². The zero-order valence-corrected chi connectivity index (χ0v) is 13.3. The molecular formula is C13H20N2O4S2. The standard InChI is InChI=1S/C13H20N2O4S2/c14-8-11-3-1-4-12(7-11)10-21(18,19)15-9-13-5-2-6-20(13,16)17/h1,3-4,7,13,15H,2,5-6,8-10,14H2. The van der Waals surface area contributed by atoms with Crippen LogP contribution in [0.15, 0.2) is 24.3 Å². The normalized spacial score (nSPS) is 21.5. The highest BCUT2D eigenvalue weighted by molar-refractivity contribution is 7.92. The van der Waals surface area contributed by atoms with E-state index < -0.39 is 25.1 Å². The Kier molecular flexibility index (Phi) is 5.03. The van der Waals surface area contributed by atoms with E-state index in [-0.39, 0.29) is 18.1 Å². The minimum atomic E-state index is -3.55. The Morgan fingerprint density at radius 2 is 2.00 bits per heavy atom. The summed E-state index contributed by atoms with van der Waals surface area (Å²) >= 11 is 0. The minimum Gasteiger partial charge on any atom is -0.326 e. The van der Waals surface area contributed by atoms with Gasteiger partial charge in [-0.2, -0.15) is 0 Å². The van der Waals surface area contributed by atoms with Gasteiger partial charge in [0.05, 0.1) is 16.8 Å². The summed E-state index contributed by atoms with van der Waals surface area (Å²) < 4.78 is 49.8. The van der Waals surface area contributed by atoms with Crippen molar-refractivity contribution in [2.24, 2.45) is 5.73 Å². The summed E-state index contributed by atoms with van der Waals surface area (Å²) in [6.45, 7) is 0.308. The number of nitrogens with two attached hydrogens (primary N) is 1. The van der Waals surface area contributed by atoms with Crippen molar-refractivity contribution in [1.29, 1.82) is 0 Å². The van der Waals surface area contributed by atoms with Crippen molar-refractivity contribution in [3.63, 3.8) is 0 Å². The Morgan fingerprint density at radius 3 is 2.62 bits per heavy atom. The number of sulfone groups is 1. The number of nitrogens with one attached hydrogen (secondary N) is 1. The lowest BCUT2D eigenvalue weighted by atomic mass is 10.1. The second-order valence-corrected chi connectivity index (χ2v) is 9.47. The molecule has 3 N–H and O–H groups in total. The molecule has 1 saturated heterocycles. The van der Waals surface area contributed by atoms with Crippen LogP contribution in [-0.2, 0) is 32.2 Å². The molecule has 8 heteroatoms. The van der Waals surface area contributed by atoms with Crippen LogP contribution in [0.3, 0.4) is 0 Å². The molecule has 0 spiro atoms. The molecule has 1 unspecified atom stereocenters. The van der Waals surface area contributed by atoms with Crippen molar-refractivity contribution < 1.29 is 16.8 Å². The highest BCUT2D eigenvalue weighted by Gasteiger charge is 2.31. The van der Waals surface area contributed by atoms with Crippen LogP contribution < -0.4 is 10.5 Å². The van der Waals surface area contributed by atoms with E-state index in [1.807, 2.05) is 6.07 Å². The molecule has 6 nitrogen and oxygen atoms in total. The van der Waals surface area contributed by atoms with Crippen molar-refractivity contribution in [2.75, 3.05) is 12.3 Å². The van der Waals surface area contributed by atoms with Gasteiger partial charge in [0, 0.05) is 13.1 Å². The summed E-state index contributed by atoms with van der Waals surface area (Å²) in [4.78, 5) is 0. The van der Waals surface area contributed by atoms with E-state index in [4.69, 9.17) is 5.73 Å². The van der Waals surface area contributed by atoms with Gasteiger partial charge in [-0.25, -0.2) is 21.6 Å². The third-order valence-corrected chi connectivity index (χ3v) is 7.17. The summed E-state index contributed by atoms with van der Waals surface area (Å²) in [5.41, 5.74) is 7.02. The maximum atomic E-state index is 12.0. The van der Waals surface area contributed by atoms with Crippen LogP contribution in [0.2, 0.25) is 0 Å². The second-order valence-electron chi connectivity index (χ2n) is 5.26. The third kappa shape index (κ3) is 4.50. The van der Waals surface area contributed by atoms with Gasteiger partial charge in [-0.3, -0.25) is 0 Å². The van der Waals surface area contributed by atoms with Crippen molar-refractivity contribution in [3.8, 4) is 0 Å². The Morgan fingerprint density at radius 1 is 1.29 bits per heavy atom.